The van der Waals surface area contributed by atoms with Crippen molar-refractivity contribution in [1.82, 2.24) is 5.32 Å². The van der Waals surface area contributed by atoms with Crippen molar-refractivity contribution in [1.29, 1.82) is 0 Å². The maximum absolute atomic E-state index is 12.0. The summed E-state index contributed by atoms with van der Waals surface area (Å²) in [5.74, 6) is -1.61. The number of hydrogen-bond donors (Lipinski definition) is 2. The van der Waals surface area contributed by atoms with Crippen LogP contribution >= 0.6 is 22.9 Å². The normalized spacial score (nSPS) is 11.8. The molecule has 1 amide bonds. The third kappa shape index (κ3) is 3.13. The van der Waals surface area contributed by atoms with Crippen molar-refractivity contribution in [2.75, 3.05) is 0 Å². The third-order valence-corrected chi connectivity index (χ3v) is 3.82. The quantitative estimate of drug-likeness (QED) is 0.911. The summed E-state index contributed by atoms with van der Waals surface area (Å²) in [6.07, 6.45) is 0. The number of carbonyl (C=O) groups is 2. The zero-order chi connectivity index (χ0) is 13.8. The summed E-state index contributed by atoms with van der Waals surface area (Å²) in [5.41, 5.74) is 0.510. The number of hydrogen-bond acceptors (Lipinski definition) is 3. The van der Waals surface area contributed by atoms with Crippen LogP contribution in [0.2, 0.25) is 5.02 Å². The molecule has 1 heterocycles. The lowest BCUT2D eigenvalue weighted by atomic mass is 10.1. The smallest absolute Gasteiger partial charge is 0.330 e. The number of benzene rings is 1. The number of carbonyl (C=O) groups excluding carboxylic acids is 1. The zero-order valence-corrected chi connectivity index (χ0v) is 11.2. The summed E-state index contributed by atoms with van der Waals surface area (Å²) < 4.78 is 0. The minimum absolute atomic E-state index is 0.309. The second-order valence-electron chi connectivity index (χ2n) is 3.75. The Hall–Kier alpha value is -1.85. The van der Waals surface area contributed by atoms with Gasteiger partial charge in [0, 0.05) is 0 Å². The average molecular weight is 296 g/mol. The largest absolute Gasteiger partial charge is 0.479 e. The number of amides is 1. The fourth-order valence-corrected chi connectivity index (χ4v) is 2.63. The average Bonchev–Trinajstić information content (AvgIpc) is 2.82. The van der Waals surface area contributed by atoms with Crippen LogP contribution < -0.4 is 5.32 Å². The van der Waals surface area contributed by atoms with Crippen molar-refractivity contribution in [3.8, 4) is 0 Å². The Bertz CT molecular complexity index is 597. The van der Waals surface area contributed by atoms with Crippen LogP contribution in [0.1, 0.15) is 21.3 Å². The van der Waals surface area contributed by atoms with Gasteiger partial charge in [-0.15, -0.1) is 11.3 Å². The van der Waals surface area contributed by atoms with Crippen LogP contribution in [-0.4, -0.2) is 17.0 Å². The predicted molar refractivity (Wildman–Crippen MR) is 73.6 cm³/mol. The molecule has 0 aliphatic rings. The van der Waals surface area contributed by atoms with E-state index < -0.39 is 17.9 Å². The molecular formula is C13H10ClNO3S. The van der Waals surface area contributed by atoms with Gasteiger partial charge in [-0.05, 0) is 17.0 Å². The highest BCUT2D eigenvalue weighted by atomic mass is 35.5. The molecule has 98 valence electrons. The Morgan fingerprint density at radius 2 is 1.89 bits per heavy atom. The summed E-state index contributed by atoms with van der Waals surface area (Å²) in [7, 11) is 0. The van der Waals surface area contributed by atoms with Crippen molar-refractivity contribution in [2.45, 2.75) is 6.04 Å². The highest BCUT2D eigenvalue weighted by Crippen LogP contribution is 2.23. The standard InChI is InChI=1S/C13H10ClNO3S/c14-9-6-7-19-11(9)12(16)15-10(13(17)18)8-4-2-1-3-5-8/h1-7,10H,(H,15,16)(H,17,18)/t10-/m0/s1. The molecule has 6 heteroatoms. The van der Waals surface area contributed by atoms with Gasteiger partial charge in [0.05, 0.1) is 5.02 Å². The summed E-state index contributed by atoms with van der Waals surface area (Å²) in [6, 6.07) is 9.02. The second kappa shape index (κ2) is 5.86. The van der Waals surface area contributed by atoms with Crippen LogP contribution in [0.25, 0.3) is 0 Å². The molecule has 1 aromatic heterocycles. The van der Waals surface area contributed by atoms with Crippen molar-refractivity contribution in [3.05, 3.63) is 57.2 Å². The Labute approximate surface area is 118 Å². The molecular weight excluding hydrogens is 286 g/mol. The highest BCUT2D eigenvalue weighted by molar-refractivity contribution is 7.12. The number of aliphatic carboxylic acids is 1. The van der Waals surface area contributed by atoms with Gasteiger partial charge < -0.3 is 10.4 Å². The van der Waals surface area contributed by atoms with E-state index >= 15 is 0 Å². The highest BCUT2D eigenvalue weighted by Gasteiger charge is 2.23. The predicted octanol–water partition coefficient (Wildman–Crippen LogP) is 2.96. The minimum Gasteiger partial charge on any atom is -0.479 e. The summed E-state index contributed by atoms with van der Waals surface area (Å²) in [6.45, 7) is 0. The van der Waals surface area contributed by atoms with E-state index in [1.54, 1.807) is 41.8 Å². The summed E-state index contributed by atoms with van der Waals surface area (Å²) in [5, 5.41) is 13.7. The maximum atomic E-state index is 12.0. The first-order valence-electron chi connectivity index (χ1n) is 5.41. The number of nitrogens with one attached hydrogen (secondary N) is 1. The second-order valence-corrected chi connectivity index (χ2v) is 5.08. The maximum Gasteiger partial charge on any atom is 0.330 e. The van der Waals surface area contributed by atoms with Crippen LogP contribution in [-0.2, 0) is 4.79 Å². The van der Waals surface area contributed by atoms with Crippen LogP contribution in [0.4, 0.5) is 0 Å². The third-order valence-electron chi connectivity index (χ3n) is 2.48. The molecule has 0 saturated heterocycles. The fraction of sp³-hybridized carbons (Fsp3) is 0.0769. The lowest BCUT2D eigenvalue weighted by Crippen LogP contribution is -2.33. The molecule has 0 fully saturated rings. The van der Waals surface area contributed by atoms with E-state index in [-0.39, 0.29) is 0 Å². The van der Waals surface area contributed by atoms with Crippen LogP contribution in [0.3, 0.4) is 0 Å². The van der Waals surface area contributed by atoms with E-state index in [0.29, 0.717) is 15.5 Å². The number of rotatable bonds is 4. The first-order chi connectivity index (χ1) is 9.09. The molecule has 1 aromatic carbocycles. The van der Waals surface area contributed by atoms with E-state index in [1.165, 1.54) is 11.3 Å². The van der Waals surface area contributed by atoms with Gasteiger partial charge in [-0.1, -0.05) is 41.9 Å². The Morgan fingerprint density at radius 1 is 1.21 bits per heavy atom. The molecule has 0 aliphatic carbocycles. The van der Waals surface area contributed by atoms with Gasteiger partial charge in [0.1, 0.15) is 4.88 Å². The Kier molecular flexibility index (Phi) is 4.19. The zero-order valence-electron chi connectivity index (χ0n) is 9.67. The molecule has 0 spiro atoms. The molecule has 2 rings (SSSR count). The molecule has 0 radical (unpaired) electrons. The van der Waals surface area contributed by atoms with Crippen LogP contribution in [0, 0.1) is 0 Å². The number of thiophene rings is 1. The van der Waals surface area contributed by atoms with Crippen LogP contribution in [0.5, 0.6) is 0 Å². The number of carboxylic acid groups (broad SMARTS) is 1. The summed E-state index contributed by atoms with van der Waals surface area (Å²) in [4.78, 5) is 23.5. The van der Waals surface area contributed by atoms with Gasteiger partial charge in [0.2, 0.25) is 0 Å². The molecule has 2 N–H and O–H groups in total. The summed E-state index contributed by atoms with van der Waals surface area (Å²) >= 11 is 7.02. The lowest BCUT2D eigenvalue weighted by molar-refractivity contribution is -0.139. The molecule has 0 aliphatic heterocycles. The first-order valence-corrected chi connectivity index (χ1v) is 6.67. The van der Waals surface area contributed by atoms with E-state index in [4.69, 9.17) is 11.6 Å². The number of halogens is 1. The molecule has 1 atom stereocenters. The molecule has 0 saturated carbocycles. The molecule has 0 unspecified atom stereocenters. The van der Waals surface area contributed by atoms with Gasteiger partial charge in [-0.2, -0.15) is 0 Å². The van der Waals surface area contributed by atoms with E-state index in [9.17, 15) is 14.7 Å². The number of carboxylic acids is 1. The monoisotopic (exact) mass is 295 g/mol. The first kappa shape index (κ1) is 13.6. The van der Waals surface area contributed by atoms with Gasteiger partial charge >= 0.3 is 5.97 Å². The molecule has 19 heavy (non-hydrogen) atoms. The van der Waals surface area contributed by atoms with Gasteiger partial charge in [0.15, 0.2) is 6.04 Å². The topological polar surface area (TPSA) is 66.4 Å². The van der Waals surface area contributed by atoms with Crippen molar-refractivity contribution in [2.24, 2.45) is 0 Å². The lowest BCUT2D eigenvalue weighted by Gasteiger charge is -2.14. The van der Waals surface area contributed by atoms with Crippen molar-refractivity contribution >= 4 is 34.8 Å². The van der Waals surface area contributed by atoms with Crippen LogP contribution in [0.15, 0.2) is 41.8 Å². The van der Waals surface area contributed by atoms with Gasteiger partial charge in [-0.25, -0.2) is 4.79 Å². The molecule has 2 aromatic rings. The Balaban J connectivity index is 2.21. The van der Waals surface area contributed by atoms with Gasteiger partial charge in [-0.3, -0.25) is 4.79 Å². The van der Waals surface area contributed by atoms with Crippen molar-refractivity contribution < 1.29 is 14.7 Å². The Morgan fingerprint density at radius 3 is 2.42 bits per heavy atom. The molecule has 4 nitrogen and oxygen atoms in total. The SMILES string of the molecule is O=C(N[C@H](C(=O)O)c1ccccc1)c1sccc1Cl. The van der Waals surface area contributed by atoms with E-state index in [0.717, 1.165) is 0 Å². The van der Waals surface area contributed by atoms with E-state index in [1.807, 2.05) is 0 Å². The van der Waals surface area contributed by atoms with E-state index in [2.05, 4.69) is 5.32 Å². The minimum atomic E-state index is -1.12. The van der Waals surface area contributed by atoms with Gasteiger partial charge in [0.25, 0.3) is 5.91 Å². The fourth-order valence-electron chi connectivity index (χ4n) is 1.59. The molecule has 0 bridgehead atoms. The van der Waals surface area contributed by atoms with Crippen molar-refractivity contribution in [3.63, 3.8) is 0 Å².